The third-order valence-corrected chi connectivity index (χ3v) is 2.41. The Bertz CT molecular complexity index is 199. The normalized spacial score (nSPS) is 28.7. The molecule has 2 atom stereocenters. The Hall–Kier alpha value is -1.06. The monoisotopic (exact) mass is 172 g/mol. The summed E-state index contributed by atoms with van der Waals surface area (Å²) in [7, 11) is 0. The summed E-state index contributed by atoms with van der Waals surface area (Å²) in [5.41, 5.74) is 0. The van der Waals surface area contributed by atoms with Crippen LogP contribution in [0.2, 0.25) is 0 Å². The second kappa shape index (κ2) is 3.56. The molecule has 0 aromatic rings. The van der Waals surface area contributed by atoms with Gasteiger partial charge >= 0.3 is 11.9 Å². The third kappa shape index (κ3) is 1.96. The van der Waals surface area contributed by atoms with Crippen LogP contribution in [-0.2, 0) is 9.59 Å². The Morgan fingerprint density at radius 1 is 1.25 bits per heavy atom. The van der Waals surface area contributed by atoms with Crippen molar-refractivity contribution in [3.63, 3.8) is 0 Å². The van der Waals surface area contributed by atoms with Crippen LogP contribution in [0.15, 0.2) is 0 Å². The van der Waals surface area contributed by atoms with Gasteiger partial charge in [0.2, 0.25) is 0 Å². The van der Waals surface area contributed by atoms with E-state index in [1.165, 1.54) is 0 Å². The molecule has 1 saturated carbocycles. The van der Waals surface area contributed by atoms with E-state index in [1.807, 2.05) is 0 Å². The quantitative estimate of drug-likeness (QED) is 0.665. The SMILES string of the molecule is O=C(O)CC1CCCC1C(=O)O. The van der Waals surface area contributed by atoms with Gasteiger partial charge in [-0.1, -0.05) is 6.42 Å². The lowest BCUT2D eigenvalue weighted by atomic mass is 9.93. The molecule has 1 fully saturated rings. The second-order valence-corrected chi connectivity index (χ2v) is 3.23. The van der Waals surface area contributed by atoms with Crippen LogP contribution in [0.3, 0.4) is 0 Å². The first kappa shape index (κ1) is 9.03. The Morgan fingerprint density at radius 2 is 1.92 bits per heavy atom. The molecule has 0 aromatic heterocycles. The van der Waals surface area contributed by atoms with Crippen LogP contribution in [0.5, 0.6) is 0 Å². The Morgan fingerprint density at radius 3 is 2.42 bits per heavy atom. The van der Waals surface area contributed by atoms with Crippen molar-refractivity contribution < 1.29 is 19.8 Å². The number of rotatable bonds is 3. The summed E-state index contributed by atoms with van der Waals surface area (Å²) in [6.45, 7) is 0. The predicted molar refractivity (Wildman–Crippen MR) is 40.7 cm³/mol. The maximum Gasteiger partial charge on any atom is 0.306 e. The van der Waals surface area contributed by atoms with E-state index >= 15 is 0 Å². The Labute approximate surface area is 70.2 Å². The Balaban J connectivity index is 2.52. The van der Waals surface area contributed by atoms with Crippen LogP contribution in [0.25, 0.3) is 0 Å². The van der Waals surface area contributed by atoms with E-state index in [0.717, 1.165) is 12.8 Å². The molecule has 1 aliphatic carbocycles. The Kier molecular flexibility index (Phi) is 2.68. The highest BCUT2D eigenvalue weighted by molar-refractivity contribution is 5.73. The lowest BCUT2D eigenvalue weighted by Crippen LogP contribution is -2.20. The fraction of sp³-hybridized carbons (Fsp3) is 0.750. The van der Waals surface area contributed by atoms with Crippen LogP contribution < -0.4 is 0 Å². The number of carboxylic acid groups (broad SMARTS) is 2. The number of hydrogen-bond donors (Lipinski definition) is 2. The van der Waals surface area contributed by atoms with Gasteiger partial charge in [-0.05, 0) is 18.8 Å². The third-order valence-electron chi connectivity index (χ3n) is 2.41. The van der Waals surface area contributed by atoms with Crippen LogP contribution in [0, 0.1) is 11.8 Å². The second-order valence-electron chi connectivity index (χ2n) is 3.23. The van der Waals surface area contributed by atoms with Gasteiger partial charge in [0.1, 0.15) is 0 Å². The lowest BCUT2D eigenvalue weighted by Gasteiger charge is -2.12. The van der Waals surface area contributed by atoms with Gasteiger partial charge in [-0.15, -0.1) is 0 Å². The minimum absolute atomic E-state index is 0.00301. The maximum absolute atomic E-state index is 10.6. The molecule has 12 heavy (non-hydrogen) atoms. The van der Waals surface area contributed by atoms with Crippen molar-refractivity contribution in [1.82, 2.24) is 0 Å². The minimum atomic E-state index is -0.895. The van der Waals surface area contributed by atoms with E-state index in [2.05, 4.69) is 0 Å². The van der Waals surface area contributed by atoms with Gasteiger partial charge in [0.05, 0.1) is 5.92 Å². The molecule has 0 aliphatic heterocycles. The van der Waals surface area contributed by atoms with Crippen molar-refractivity contribution in [3.05, 3.63) is 0 Å². The molecule has 2 unspecified atom stereocenters. The van der Waals surface area contributed by atoms with Crippen LogP contribution in [-0.4, -0.2) is 22.2 Å². The van der Waals surface area contributed by atoms with Crippen molar-refractivity contribution in [3.8, 4) is 0 Å². The van der Waals surface area contributed by atoms with E-state index in [1.54, 1.807) is 0 Å². The number of carboxylic acids is 2. The average Bonchev–Trinajstić information content (AvgIpc) is 2.33. The standard InChI is InChI=1S/C8H12O4/c9-7(10)4-5-2-1-3-6(5)8(11)12/h5-6H,1-4H2,(H,9,10)(H,11,12). The zero-order chi connectivity index (χ0) is 9.14. The van der Waals surface area contributed by atoms with Crippen molar-refractivity contribution >= 4 is 11.9 Å². The average molecular weight is 172 g/mol. The van der Waals surface area contributed by atoms with Gasteiger partial charge in [-0.25, -0.2) is 0 Å². The molecule has 0 heterocycles. The fourth-order valence-corrected chi connectivity index (χ4v) is 1.83. The molecule has 1 aliphatic rings. The molecule has 2 N–H and O–H groups in total. The summed E-state index contributed by atoms with van der Waals surface area (Å²) in [6.07, 6.45) is 2.21. The molecule has 0 amide bonds. The highest BCUT2D eigenvalue weighted by Crippen LogP contribution is 2.34. The van der Waals surface area contributed by atoms with Crippen LogP contribution in [0.1, 0.15) is 25.7 Å². The largest absolute Gasteiger partial charge is 0.481 e. The van der Waals surface area contributed by atoms with E-state index in [4.69, 9.17) is 10.2 Å². The first-order valence-corrected chi connectivity index (χ1v) is 4.06. The van der Waals surface area contributed by atoms with Crippen molar-refractivity contribution in [2.75, 3.05) is 0 Å². The highest BCUT2D eigenvalue weighted by atomic mass is 16.4. The smallest absolute Gasteiger partial charge is 0.306 e. The molecule has 4 heteroatoms. The summed E-state index contributed by atoms with van der Waals surface area (Å²) in [5.74, 6) is -2.33. The van der Waals surface area contributed by atoms with Gasteiger partial charge in [0.25, 0.3) is 0 Å². The molecule has 0 radical (unpaired) electrons. The van der Waals surface area contributed by atoms with Gasteiger partial charge < -0.3 is 10.2 Å². The molecule has 1 rings (SSSR count). The van der Waals surface area contributed by atoms with E-state index < -0.39 is 17.9 Å². The maximum atomic E-state index is 10.6. The molecule has 0 aromatic carbocycles. The molecule has 68 valence electrons. The van der Waals surface area contributed by atoms with E-state index in [0.29, 0.717) is 6.42 Å². The first-order chi connectivity index (χ1) is 5.61. The van der Waals surface area contributed by atoms with E-state index in [9.17, 15) is 9.59 Å². The number of aliphatic carboxylic acids is 2. The van der Waals surface area contributed by atoms with Crippen molar-refractivity contribution in [2.45, 2.75) is 25.7 Å². The molecular formula is C8H12O4. The van der Waals surface area contributed by atoms with Crippen molar-refractivity contribution in [2.24, 2.45) is 11.8 Å². The van der Waals surface area contributed by atoms with Gasteiger partial charge in [-0.3, -0.25) is 9.59 Å². The van der Waals surface area contributed by atoms with Crippen LogP contribution >= 0.6 is 0 Å². The summed E-state index contributed by atoms with van der Waals surface area (Å²) >= 11 is 0. The number of hydrogen-bond acceptors (Lipinski definition) is 2. The summed E-state index contributed by atoms with van der Waals surface area (Å²) in [6, 6.07) is 0. The summed E-state index contributed by atoms with van der Waals surface area (Å²) in [4.78, 5) is 20.9. The molecular weight excluding hydrogens is 160 g/mol. The predicted octanol–water partition coefficient (Wildman–Crippen LogP) is 0.962. The van der Waals surface area contributed by atoms with Gasteiger partial charge in [-0.2, -0.15) is 0 Å². The van der Waals surface area contributed by atoms with Crippen molar-refractivity contribution in [1.29, 1.82) is 0 Å². The fourth-order valence-electron chi connectivity index (χ4n) is 1.83. The lowest BCUT2D eigenvalue weighted by molar-refractivity contribution is -0.144. The highest BCUT2D eigenvalue weighted by Gasteiger charge is 2.33. The molecule has 0 spiro atoms. The van der Waals surface area contributed by atoms with Gasteiger partial charge in [0, 0.05) is 6.42 Å². The zero-order valence-corrected chi connectivity index (χ0v) is 6.69. The topological polar surface area (TPSA) is 74.6 Å². The minimum Gasteiger partial charge on any atom is -0.481 e. The summed E-state index contributed by atoms with van der Waals surface area (Å²) < 4.78 is 0. The molecule has 4 nitrogen and oxygen atoms in total. The molecule has 0 saturated heterocycles. The first-order valence-electron chi connectivity index (χ1n) is 4.06. The van der Waals surface area contributed by atoms with Crippen LogP contribution in [0.4, 0.5) is 0 Å². The molecule has 0 bridgehead atoms. The van der Waals surface area contributed by atoms with E-state index in [-0.39, 0.29) is 12.3 Å². The number of carbonyl (C=O) groups is 2. The summed E-state index contributed by atoms with van der Waals surface area (Å²) in [5, 5.41) is 17.2. The van der Waals surface area contributed by atoms with Gasteiger partial charge in [0.15, 0.2) is 0 Å². The zero-order valence-electron chi connectivity index (χ0n) is 6.69.